The minimum absolute atomic E-state index is 0.167. The number of fused-ring (bicyclic) bond motifs is 1. The first kappa shape index (κ1) is 11.3. The minimum atomic E-state index is 0.167. The standard InChI is InChI=1S/C16H17NO/c1-12(18)16-10-14-8-5-9-15(14)17(16)11-13-6-3-2-4-7-13/h2-4,6-7,10H,5,8-9,11H2,1H3. The summed E-state index contributed by atoms with van der Waals surface area (Å²) in [5.41, 5.74) is 4.86. The summed E-state index contributed by atoms with van der Waals surface area (Å²) < 4.78 is 2.21. The van der Waals surface area contributed by atoms with E-state index >= 15 is 0 Å². The summed E-state index contributed by atoms with van der Waals surface area (Å²) in [6, 6.07) is 12.4. The third-order valence-corrected chi connectivity index (χ3v) is 3.70. The molecule has 1 aliphatic carbocycles. The number of aryl methyl sites for hydroxylation is 1. The van der Waals surface area contributed by atoms with Crippen LogP contribution in [-0.4, -0.2) is 10.4 Å². The van der Waals surface area contributed by atoms with Gasteiger partial charge in [0.1, 0.15) is 0 Å². The van der Waals surface area contributed by atoms with Crippen LogP contribution in [0.3, 0.4) is 0 Å². The topological polar surface area (TPSA) is 22.0 Å². The molecule has 1 aromatic heterocycles. The summed E-state index contributed by atoms with van der Waals surface area (Å²) in [4.78, 5) is 11.7. The highest BCUT2D eigenvalue weighted by Crippen LogP contribution is 2.27. The molecular formula is C16H17NO. The normalized spacial score (nSPS) is 13.6. The van der Waals surface area contributed by atoms with Crippen LogP contribution in [0.25, 0.3) is 0 Å². The van der Waals surface area contributed by atoms with Crippen molar-refractivity contribution in [2.24, 2.45) is 0 Å². The first-order chi connectivity index (χ1) is 8.75. The molecule has 0 N–H and O–H groups in total. The maximum absolute atomic E-state index is 11.7. The molecule has 1 aliphatic rings. The highest BCUT2D eigenvalue weighted by Gasteiger charge is 2.21. The molecule has 18 heavy (non-hydrogen) atoms. The van der Waals surface area contributed by atoms with Crippen molar-refractivity contribution in [1.29, 1.82) is 0 Å². The minimum Gasteiger partial charge on any atom is -0.338 e. The summed E-state index contributed by atoms with van der Waals surface area (Å²) >= 11 is 0. The summed E-state index contributed by atoms with van der Waals surface area (Å²) in [5, 5.41) is 0. The van der Waals surface area contributed by atoms with Crippen LogP contribution in [0.1, 0.15) is 40.7 Å². The average molecular weight is 239 g/mol. The smallest absolute Gasteiger partial charge is 0.176 e. The zero-order chi connectivity index (χ0) is 12.5. The van der Waals surface area contributed by atoms with Crippen LogP contribution >= 0.6 is 0 Å². The summed E-state index contributed by atoms with van der Waals surface area (Å²) in [6.07, 6.45) is 3.45. The molecule has 1 aromatic carbocycles. The predicted molar refractivity (Wildman–Crippen MR) is 72.0 cm³/mol. The van der Waals surface area contributed by atoms with Gasteiger partial charge >= 0.3 is 0 Å². The first-order valence-electron chi connectivity index (χ1n) is 6.52. The van der Waals surface area contributed by atoms with Crippen molar-refractivity contribution in [1.82, 2.24) is 4.57 Å². The molecule has 2 aromatic rings. The average Bonchev–Trinajstić information content (AvgIpc) is 2.93. The first-order valence-corrected chi connectivity index (χ1v) is 6.52. The van der Waals surface area contributed by atoms with Crippen molar-refractivity contribution in [2.75, 3.05) is 0 Å². The van der Waals surface area contributed by atoms with Crippen LogP contribution < -0.4 is 0 Å². The van der Waals surface area contributed by atoms with Crippen molar-refractivity contribution < 1.29 is 4.79 Å². The SMILES string of the molecule is CC(=O)c1cc2c(n1Cc1ccccc1)CCC2. The van der Waals surface area contributed by atoms with Crippen molar-refractivity contribution in [2.45, 2.75) is 32.7 Å². The Kier molecular flexibility index (Phi) is 2.78. The number of aromatic nitrogens is 1. The van der Waals surface area contributed by atoms with E-state index in [0.717, 1.165) is 25.1 Å². The summed E-state index contributed by atoms with van der Waals surface area (Å²) in [6.45, 7) is 2.47. The summed E-state index contributed by atoms with van der Waals surface area (Å²) in [7, 11) is 0. The maximum Gasteiger partial charge on any atom is 0.176 e. The zero-order valence-corrected chi connectivity index (χ0v) is 10.6. The highest BCUT2D eigenvalue weighted by molar-refractivity contribution is 5.93. The van der Waals surface area contributed by atoms with Crippen LogP contribution in [-0.2, 0) is 19.4 Å². The largest absolute Gasteiger partial charge is 0.338 e. The molecule has 0 atom stereocenters. The summed E-state index contributed by atoms with van der Waals surface area (Å²) in [5.74, 6) is 0.167. The van der Waals surface area contributed by atoms with Gasteiger partial charge in [0.25, 0.3) is 0 Å². The van der Waals surface area contributed by atoms with Gasteiger partial charge in [-0.2, -0.15) is 0 Å². The highest BCUT2D eigenvalue weighted by atomic mass is 16.1. The number of nitrogens with zero attached hydrogens (tertiary/aromatic N) is 1. The third kappa shape index (κ3) is 1.88. The van der Waals surface area contributed by atoms with E-state index in [1.54, 1.807) is 6.92 Å². The molecule has 0 aliphatic heterocycles. The van der Waals surface area contributed by atoms with Gasteiger partial charge in [-0.1, -0.05) is 30.3 Å². The number of Topliss-reactive ketones (excluding diaryl/α,β-unsaturated/α-hetero) is 1. The van der Waals surface area contributed by atoms with Gasteiger partial charge in [0.15, 0.2) is 5.78 Å². The fraction of sp³-hybridized carbons (Fsp3) is 0.312. The molecule has 0 amide bonds. The van der Waals surface area contributed by atoms with E-state index in [1.807, 2.05) is 18.2 Å². The molecule has 0 fully saturated rings. The van der Waals surface area contributed by atoms with Gasteiger partial charge in [-0.15, -0.1) is 0 Å². The number of ketones is 1. The van der Waals surface area contributed by atoms with E-state index in [-0.39, 0.29) is 5.78 Å². The Morgan fingerprint density at radius 2 is 2.00 bits per heavy atom. The third-order valence-electron chi connectivity index (χ3n) is 3.70. The molecule has 0 spiro atoms. The molecule has 2 heteroatoms. The molecule has 3 rings (SSSR count). The lowest BCUT2D eigenvalue weighted by Gasteiger charge is -2.11. The lowest BCUT2D eigenvalue weighted by Crippen LogP contribution is -2.10. The molecule has 0 bridgehead atoms. The lowest BCUT2D eigenvalue weighted by atomic mass is 10.2. The molecule has 0 radical (unpaired) electrons. The van der Waals surface area contributed by atoms with Gasteiger partial charge in [0, 0.05) is 19.2 Å². The second-order valence-electron chi connectivity index (χ2n) is 4.98. The fourth-order valence-electron chi connectivity index (χ4n) is 2.84. The van der Waals surface area contributed by atoms with Crippen molar-refractivity contribution in [3.05, 3.63) is 58.9 Å². The van der Waals surface area contributed by atoms with E-state index in [0.29, 0.717) is 0 Å². The second kappa shape index (κ2) is 4.45. The van der Waals surface area contributed by atoms with Crippen LogP contribution in [0.2, 0.25) is 0 Å². The Morgan fingerprint density at radius 1 is 1.22 bits per heavy atom. The van der Waals surface area contributed by atoms with Crippen LogP contribution in [0, 0.1) is 0 Å². The molecule has 92 valence electrons. The number of carbonyl (C=O) groups excluding carboxylic acids is 1. The molecular weight excluding hydrogens is 222 g/mol. The molecule has 0 saturated carbocycles. The van der Waals surface area contributed by atoms with Crippen molar-refractivity contribution in [3.63, 3.8) is 0 Å². The van der Waals surface area contributed by atoms with E-state index in [2.05, 4.69) is 22.8 Å². The van der Waals surface area contributed by atoms with E-state index < -0.39 is 0 Å². The van der Waals surface area contributed by atoms with E-state index in [4.69, 9.17) is 0 Å². The van der Waals surface area contributed by atoms with Crippen LogP contribution in [0.5, 0.6) is 0 Å². The number of benzene rings is 1. The number of hydrogen-bond acceptors (Lipinski definition) is 1. The Hall–Kier alpha value is -1.83. The van der Waals surface area contributed by atoms with Gasteiger partial charge in [-0.05, 0) is 36.5 Å². The van der Waals surface area contributed by atoms with Gasteiger partial charge in [0.05, 0.1) is 5.69 Å². The zero-order valence-electron chi connectivity index (χ0n) is 10.6. The molecule has 0 unspecified atom stereocenters. The van der Waals surface area contributed by atoms with Crippen molar-refractivity contribution >= 4 is 5.78 Å². The number of carbonyl (C=O) groups is 1. The molecule has 1 heterocycles. The lowest BCUT2D eigenvalue weighted by molar-refractivity contribution is 0.100. The van der Waals surface area contributed by atoms with Gasteiger partial charge < -0.3 is 4.57 Å². The van der Waals surface area contributed by atoms with E-state index in [9.17, 15) is 4.79 Å². The number of hydrogen-bond donors (Lipinski definition) is 0. The van der Waals surface area contributed by atoms with Crippen LogP contribution in [0.15, 0.2) is 36.4 Å². The fourth-order valence-corrected chi connectivity index (χ4v) is 2.84. The Balaban J connectivity index is 2.02. The molecule has 2 nitrogen and oxygen atoms in total. The van der Waals surface area contributed by atoms with Crippen molar-refractivity contribution in [3.8, 4) is 0 Å². The quantitative estimate of drug-likeness (QED) is 0.754. The van der Waals surface area contributed by atoms with Gasteiger partial charge in [-0.3, -0.25) is 4.79 Å². The Labute approximate surface area is 107 Å². The van der Waals surface area contributed by atoms with Gasteiger partial charge in [-0.25, -0.2) is 0 Å². The van der Waals surface area contributed by atoms with Crippen LogP contribution in [0.4, 0.5) is 0 Å². The monoisotopic (exact) mass is 239 g/mol. The Morgan fingerprint density at radius 3 is 2.72 bits per heavy atom. The number of rotatable bonds is 3. The molecule has 0 saturated heterocycles. The second-order valence-corrected chi connectivity index (χ2v) is 4.98. The van der Waals surface area contributed by atoms with E-state index in [1.165, 1.54) is 23.2 Å². The predicted octanol–water partition coefficient (Wildman–Crippen LogP) is 3.23. The van der Waals surface area contributed by atoms with Gasteiger partial charge in [0.2, 0.25) is 0 Å². The Bertz CT molecular complexity index is 581. The maximum atomic E-state index is 11.7.